The van der Waals surface area contributed by atoms with Gasteiger partial charge in [0, 0.05) is 25.0 Å². The van der Waals surface area contributed by atoms with Gasteiger partial charge in [-0.1, -0.05) is 13.8 Å². The van der Waals surface area contributed by atoms with E-state index in [-0.39, 0.29) is 0 Å². The fourth-order valence-electron chi connectivity index (χ4n) is 1.90. The maximum absolute atomic E-state index is 5.85. The Morgan fingerprint density at radius 2 is 2.00 bits per heavy atom. The lowest BCUT2D eigenvalue weighted by atomic mass is 10.1. The van der Waals surface area contributed by atoms with Gasteiger partial charge in [0.25, 0.3) is 0 Å². The van der Waals surface area contributed by atoms with Gasteiger partial charge < -0.3 is 5.73 Å². The molecule has 1 aromatic heterocycles. The van der Waals surface area contributed by atoms with Crippen LogP contribution >= 0.6 is 0 Å². The van der Waals surface area contributed by atoms with Crippen molar-refractivity contribution in [3.05, 3.63) is 30.1 Å². The first-order chi connectivity index (χ1) is 7.33. The molecule has 0 spiro atoms. The minimum atomic E-state index is 0.331. The highest BCUT2D eigenvalue weighted by Crippen LogP contribution is 2.18. The van der Waals surface area contributed by atoms with Gasteiger partial charge in [0.2, 0.25) is 0 Å². The number of hydrogen-bond donors (Lipinski definition) is 1. The monoisotopic (exact) mass is 207 g/mol. The Morgan fingerprint density at radius 3 is 2.47 bits per heavy atom. The van der Waals surface area contributed by atoms with Crippen molar-refractivity contribution in [3.8, 4) is 0 Å². The van der Waals surface area contributed by atoms with E-state index in [0.29, 0.717) is 12.6 Å². The van der Waals surface area contributed by atoms with Crippen LogP contribution in [0.25, 0.3) is 0 Å². The number of nitrogens with two attached hydrogens (primary N) is 1. The van der Waals surface area contributed by atoms with E-state index in [1.54, 1.807) is 0 Å². The van der Waals surface area contributed by atoms with Crippen molar-refractivity contribution in [1.82, 2.24) is 9.88 Å². The third-order valence-corrected chi connectivity index (χ3v) is 2.67. The Balaban J connectivity index is 2.77. The Hall–Kier alpha value is -0.930. The third kappa shape index (κ3) is 3.29. The number of aromatic nitrogens is 1. The fourth-order valence-corrected chi connectivity index (χ4v) is 1.90. The van der Waals surface area contributed by atoms with Crippen molar-refractivity contribution < 1.29 is 0 Å². The average Bonchev–Trinajstić information content (AvgIpc) is 2.30. The quantitative estimate of drug-likeness (QED) is 0.773. The molecular formula is C12H21N3. The lowest BCUT2D eigenvalue weighted by Crippen LogP contribution is -2.34. The highest BCUT2D eigenvalue weighted by atomic mass is 15.2. The largest absolute Gasteiger partial charge is 0.329 e. The summed E-state index contributed by atoms with van der Waals surface area (Å²) >= 11 is 0. The predicted molar refractivity (Wildman–Crippen MR) is 63.6 cm³/mol. The van der Waals surface area contributed by atoms with Crippen LogP contribution in [-0.4, -0.2) is 29.5 Å². The summed E-state index contributed by atoms with van der Waals surface area (Å²) < 4.78 is 0. The molecule has 0 fully saturated rings. The average molecular weight is 207 g/mol. The first-order valence-corrected chi connectivity index (χ1v) is 5.67. The minimum Gasteiger partial charge on any atom is -0.329 e. The summed E-state index contributed by atoms with van der Waals surface area (Å²) in [6.07, 6.45) is 4.82. The summed E-state index contributed by atoms with van der Waals surface area (Å²) in [5, 5.41) is 0. The molecule has 0 amide bonds. The number of nitrogens with zero attached hydrogens (tertiary/aromatic N) is 2. The summed E-state index contributed by atoms with van der Waals surface area (Å²) in [6, 6.07) is 4.43. The van der Waals surface area contributed by atoms with E-state index in [1.807, 2.05) is 12.4 Å². The molecule has 0 radical (unpaired) electrons. The number of pyridine rings is 1. The van der Waals surface area contributed by atoms with E-state index < -0.39 is 0 Å². The second-order valence-electron chi connectivity index (χ2n) is 3.66. The van der Waals surface area contributed by atoms with E-state index in [2.05, 4.69) is 35.9 Å². The van der Waals surface area contributed by atoms with Crippen LogP contribution in [0.4, 0.5) is 0 Å². The summed E-state index contributed by atoms with van der Waals surface area (Å²) in [4.78, 5) is 6.45. The zero-order valence-electron chi connectivity index (χ0n) is 9.69. The topological polar surface area (TPSA) is 42.1 Å². The lowest BCUT2D eigenvalue weighted by Gasteiger charge is -2.29. The molecule has 0 bridgehead atoms. The molecule has 0 saturated carbocycles. The molecule has 0 aliphatic heterocycles. The maximum atomic E-state index is 5.85. The minimum absolute atomic E-state index is 0.331. The highest BCUT2D eigenvalue weighted by Gasteiger charge is 2.16. The number of likely N-dealkylation sites (N-methyl/N-ethyl adjacent to an activating group) is 1. The van der Waals surface area contributed by atoms with Crippen molar-refractivity contribution in [2.45, 2.75) is 26.3 Å². The summed E-state index contributed by atoms with van der Waals surface area (Å²) in [6.45, 7) is 7.18. The van der Waals surface area contributed by atoms with Crippen molar-refractivity contribution in [2.75, 3.05) is 19.6 Å². The summed E-state index contributed by atoms with van der Waals surface area (Å²) in [5.41, 5.74) is 7.12. The van der Waals surface area contributed by atoms with Crippen LogP contribution in [0, 0.1) is 0 Å². The van der Waals surface area contributed by atoms with E-state index in [4.69, 9.17) is 5.73 Å². The first-order valence-electron chi connectivity index (χ1n) is 5.67. The summed E-state index contributed by atoms with van der Waals surface area (Å²) in [7, 11) is 0. The molecule has 0 aliphatic carbocycles. The molecule has 84 valence electrons. The predicted octanol–water partition coefficient (Wildman–Crippen LogP) is 1.81. The van der Waals surface area contributed by atoms with Gasteiger partial charge in [0.05, 0.1) is 0 Å². The number of hydrogen-bond acceptors (Lipinski definition) is 3. The SMILES string of the molecule is CCCN(CC)C(CN)c1ccncc1. The van der Waals surface area contributed by atoms with Crippen LogP contribution < -0.4 is 5.73 Å². The van der Waals surface area contributed by atoms with Crippen LogP contribution in [-0.2, 0) is 0 Å². The van der Waals surface area contributed by atoms with Crippen LogP contribution in [0.2, 0.25) is 0 Å². The Bertz CT molecular complexity index is 261. The van der Waals surface area contributed by atoms with Gasteiger partial charge in [-0.05, 0) is 37.2 Å². The molecular weight excluding hydrogens is 186 g/mol. The van der Waals surface area contributed by atoms with Gasteiger partial charge in [-0.3, -0.25) is 9.88 Å². The molecule has 1 atom stereocenters. The zero-order chi connectivity index (χ0) is 11.1. The van der Waals surface area contributed by atoms with Crippen LogP contribution in [0.1, 0.15) is 31.9 Å². The molecule has 1 rings (SSSR count). The van der Waals surface area contributed by atoms with Crippen molar-refractivity contribution in [1.29, 1.82) is 0 Å². The van der Waals surface area contributed by atoms with Crippen LogP contribution in [0.5, 0.6) is 0 Å². The second-order valence-corrected chi connectivity index (χ2v) is 3.66. The smallest absolute Gasteiger partial charge is 0.0471 e. The Labute approximate surface area is 92.3 Å². The standard InChI is InChI=1S/C12H21N3/c1-3-9-15(4-2)12(10-13)11-5-7-14-8-6-11/h5-8,12H,3-4,9-10,13H2,1-2H3. The van der Waals surface area contributed by atoms with Gasteiger partial charge in [0.1, 0.15) is 0 Å². The molecule has 3 nitrogen and oxygen atoms in total. The summed E-state index contributed by atoms with van der Waals surface area (Å²) in [5.74, 6) is 0. The van der Waals surface area contributed by atoms with E-state index in [1.165, 1.54) is 5.56 Å². The van der Waals surface area contributed by atoms with Gasteiger partial charge in [-0.25, -0.2) is 0 Å². The fraction of sp³-hybridized carbons (Fsp3) is 0.583. The van der Waals surface area contributed by atoms with Crippen LogP contribution in [0.15, 0.2) is 24.5 Å². The first kappa shape index (κ1) is 12.1. The van der Waals surface area contributed by atoms with Crippen molar-refractivity contribution in [2.24, 2.45) is 5.73 Å². The molecule has 3 heteroatoms. The van der Waals surface area contributed by atoms with E-state index in [9.17, 15) is 0 Å². The molecule has 1 unspecified atom stereocenters. The molecule has 15 heavy (non-hydrogen) atoms. The zero-order valence-corrected chi connectivity index (χ0v) is 9.69. The van der Waals surface area contributed by atoms with E-state index in [0.717, 1.165) is 19.5 Å². The number of rotatable bonds is 6. The maximum Gasteiger partial charge on any atom is 0.0471 e. The Kier molecular flexibility index (Phi) is 5.29. The van der Waals surface area contributed by atoms with E-state index >= 15 is 0 Å². The molecule has 0 aromatic carbocycles. The lowest BCUT2D eigenvalue weighted by molar-refractivity contribution is 0.212. The normalized spacial score (nSPS) is 13.1. The van der Waals surface area contributed by atoms with Crippen molar-refractivity contribution >= 4 is 0 Å². The van der Waals surface area contributed by atoms with Crippen LogP contribution in [0.3, 0.4) is 0 Å². The second kappa shape index (κ2) is 6.53. The Morgan fingerprint density at radius 1 is 1.33 bits per heavy atom. The van der Waals surface area contributed by atoms with Gasteiger partial charge in [0.15, 0.2) is 0 Å². The van der Waals surface area contributed by atoms with Crippen molar-refractivity contribution in [3.63, 3.8) is 0 Å². The van der Waals surface area contributed by atoms with Gasteiger partial charge in [-0.2, -0.15) is 0 Å². The highest BCUT2D eigenvalue weighted by molar-refractivity contribution is 5.15. The molecule has 1 aromatic rings. The molecule has 0 aliphatic rings. The molecule has 1 heterocycles. The third-order valence-electron chi connectivity index (χ3n) is 2.67. The molecule has 0 saturated heterocycles. The molecule has 2 N–H and O–H groups in total. The van der Waals surface area contributed by atoms with Gasteiger partial charge in [-0.15, -0.1) is 0 Å². The van der Waals surface area contributed by atoms with Gasteiger partial charge >= 0.3 is 0 Å².